The lowest BCUT2D eigenvalue weighted by atomic mass is 10.1. The highest BCUT2D eigenvalue weighted by atomic mass is 32.2. The van der Waals surface area contributed by atoms with E-state index in [2.05, 4.69) is 41.5 Å². The van der Waals surface area contributed by atoms with Gasteiger partial charge >= 0.3 is 5.97 Å². The number of hydrazine groups is 1. The minimum Gasteiger partial charge on any atom is -0.480 e. The van der Waals surface area contributed by atoms with Crippen LogP contribution in [-0.2, 0) is 44.6 Å². The number of rotatable bonds is 20. The topological polar surface area (TPSA) is 305 Å². The largest absolute Gasteiger partial charge is 0.480 e. The number of imidazole rings is 1. The van der Waals surface area contributed by atoms with E-state index in [9.17, 15) is 50.9 Å². The summed E-state index contributed by atoms with van der Waals surface area (Å²) in [5, 5.41) is 28.2. The lowest BCUT2D eigenvalue weighted by Crippen LogP contribution is -2.49. The molecule has 0 fully saturated rings. The maximum atomic E-state index is 13.8. The number of hydrogen-bond donors (Lipinski definition) is 9. The molecule has 0 aliphatic rings. The van der Waals surface area contributed by atoms with Crippen molar-refractivity contribution < 1.29 is 46.1 Å². The van der Waals surface area contributed by atoms with Gasteiger partial charge in [-0.15, -0.1) is 0 Å². The fraction of sp³-hybridized carbons (Fsp3) is 0.256. The summed E-state index contributed by atoms with van der Waals surface area (Å²) in [6, 6.07) is 15.4. The second-order valence-corrected chi connectivity index (χ2v) is 18.0. The second kappa shape index (κ2) is 21.2. The maximum absolute atomic E-state index is 13.8. The molecule has 0 saturated heterocycles. The molecule has 0 aliphatic carbocycles. The Labute approximate surface area is 380 Å². The number of nitrogens with zero attached hydrogens (tertiary/aromatic N) is 4. The molecule has 2 amide bonds. The van der Waals surface area contributed by atoms with Gasteiger partial charge < -0.3 is 36.3 Å². The predicted molar refractivity (Wildman–Crippen MR) is 244 cm³/mol. The summed E-state index contributed by atoms with van der Waals surface area (Å²) in [5.41, 5.74) is 7.89. The molecule has 21 nitrogen and oxygen atoms in total. The number of amides is 2. The van der Waals surface area contributed by atoms with Crippen LogP contribution >= 0.6 is 0 Å². The number of anilines is 2. The number of fused-ring (bicyclic) bond motifs is 1. The Morgan fingerprint density at radius 3 is 2.26 bits per heavy atom. The van der Waals surface area contributed by atoms with Crippen molar-refractivity contribution >= 4 is 60.6 Å². The summed E-state index contributed by atoms with van der Waals surface area (Å²) in [6.07, 6.45) is 5.68. The standard InChI is InChI=1S/C42H46N10O11S2.CH4/c1-25-17-26(2)38(27(3)18-25)64(59,60)50-33(41(56)57)23-46-40(55)32-24-51(34-19-28(9-11-31(34)37(32)53)20-47-42-44-14-16-52(42)58)15-6-13-43-39(54)30-10-12-36(45-21-30)49-48-22-29-7-4-5-8-35(29)65(61,62)63;/h4-5,7-12,14,16-19,21,24,33,48,50,58H,6,13,15,20,22-23H2,1-3H3,(H,43,54)(H,44,47)(H,45,49)(H,46,55)(H,56,57)(H,61,62,63);1H4. The highest BCUT2D eigenvalue weighted by molar-refractivity contribution is 7.89. The van der Waals surface area contributed by atoms with Crippen LogP contribution in [0.3, 0.4) is 0 Å². The maximum Gasteiger partial charge on any atom is 0.323 e. The van der Waals surface area contributed by atoms with Crippen molar-refractivity contribution in [3.05, 3.63) is 141 Å². The molecule has 350 valence electrons. The number of aromatic nitrogens is 4. The highest BCUT2D eigenvalue weighted by Crippen LogP contribution is 2.22. The van der Waals surface area contributed by atoms with Gasteiger partial charge in [0.2, 0.25) is 21.4 Å². The number of aliphatic carboxylic acids is 1. The number of carbonyl (C=O) groups is 3. The Morgan fingerprint density at radius 2 is 1.61 bits per heavy atom. The van der Waals surface area contributed by atoms with Crippen LogP contribution < -0.4 is 37.0 Å². The van der Waals surface area contributed by atoms with Crippen molar-refractivity contribution in [1.82, 2.24) is 40.0 Å². The van der Waals surface area contributed by atoms with Crippen molar-refractivity contribution in [3.8, 4) is 0 Å². The van der Waals surface area contributed by atoms with Gasteiger partial charge in [-0.3, -0.25) is 23.7 Å². The zero-order valence-corrected chi connectivity index (χ0v) is 36.8. The predicted octanol–water partition coefficient (Wildman–Crippen LogP) is 3.35. The van der Waals surface area contributed by atoms with Crippen molar-refractivity contribution in [1.29, 1.82) is 0 Å². The van der Waals surface area contributed by atoms with Gasteiger partial charge in [0.15, 0.2) is 0 Å². The molecular weight excluding hydrogens is 897 g/mol. The minimum absolute atomic E-state index is 0. The van der Waals surface area contributed by atoms with Crippen LogP contribution in [0.2, 0.25) is 0 Å². The Bertz CT molecular complexity index is 3020. The van der Waals surface area contributed by atoms with Gasteiger partial charge in [-0.2, -0.15) is 17.9 Å². The van der Waals surface area contributed by atoms with Crippen molar-refractivity contribution in [2.45, 2.75) is 70.1 Å². The first kappa shape index (κ1) is 49.8. The summed E-state index contributed by atoms with van der Waals surface area (Å²) in [7, 11) is -8.78. The number of benzene rings is 3. The third kappa shape index (κ3) is 12.1. The second-order valence-electron chi connectivity index (χ2n) is 14.9. The van der Waals surface area contributed by atoms with E-state index in [1.165, 1.54) is 61.2 Å². The fourth-order valence-electron chi connectivity index (χ4n) is 7.09. The summed E-state index contributed by atoms with van der Waals surface area (Å²) < 4.78 is 64.1. The van der Waals surface area contributed by atoms with Gasteiger partial charge in [-0.1, -0.05) is 49.4 Å². The third-order valence-electron chi connectivity index (χ3n) is 10.0. The first-order chi connectivity index (χ1) is 30.8. The SMILES string of the molecule is C.Cc1cc(C)c(S(=O)(=O)NC(CNC(=O)c2cn(CCCNC(=O)c3ccc(NNCc4ccccc4S(=O)(=O)O)nc3)c3cc(CNc4nccn4O)ccc3c2=O)C(=O)O)c(C)c1. The Hall–Kier alpha value is -7.18. The summed E-state index contributed by atoms with van der Waals surface area (Å²) in [6.45, 7) is 4.82. The molecule has 3 heterocycles. The molecule has 0 bridgehead atoms. The van der Waals surface area contributed by atoms with Gasteiger partial charge in [0, 0.05) is 50.5 Å². The first-order valence-corrected chi connectivity index (χ1v) is 22.8. The lowest BCUT2D eigenvalue weighted by molar-refractivity contribution is -0.138. The molecule has 0 aliphatic heterocycles. The Morgan fingerprint density at radius 1 is 0.879 bits per heavy atom. The van der Waals surface area contributed by atoms with Gasteiger partial charge in [0.05, 0.1) is 33.3 Å². The summed E-state index contributed by atoms with van der Waals surface area (Å²) >= 11 is 0. The third-order valence-corrected chi connectivity index (χ3v) is 12.8. The molecule has 9 N–H and O–H groups in total. The van der Waals surface area contributed by atoms with E-state index in [1.807, 2.05) is 0 Å². The quantitative estimate of drug-likeness (QED) is 0.0229. The number of carbonyl (C=O) groups excluding carboxylic acids is 2. The van der Waals surface area contributed by atoms with E-state index >= 15 is 0 Å². The number of hydrogen-bond acceptors (Lipinski definition) is 14. The zero-order valence-electron chi connectivity index (χ0n) is 35.2. The number of carboxylic acids is 1. The van der Waals surface area contributed by atoms with E-state index < -0.39 is 55.9 Å². The minimum atomic E-state index is -4.42. The summed E-state index contributed by atoms with van der Waals surface area (Å²) in [5.74, 6) is -2.46. The van der Waals surface area contributed by atoms with Gasteiger partial charge in [-0.25, -0.2) is 23.8 Å². The van der Waals surface area contributed by atoms with Gasteiger partial charge in [0.1, 0.15) is 17.4 Å². The van der Waals surface area contributed by atoms with E-state index in [0.717, 1.165) is 10.3 Å². The molecule has 1 unspecified atom stereocenters. The molecule has 0 saturated carbocycles. The van der Waals surface area contributed by atoms with E-state index in [1.54, 1.807) is 55.7 Å². The molecule has 66 heavy (non-hydrogen) atoms. The Kier molecular flexibility index (Phi) is 16.0. The number of sulfonamides is 1. The van der Waals surface area contributed by atoms with Crippen LogP contribution in [0.4, 0.5) is 11.8 Å². The van der Waals surface area contributed by atoms with E-state index in [4.69, 9.17) is 0 Å². The van der Waals surface area contributed by atoms with Crippen LogP contribution in [0.5, 0.6) is 0 Å². The molecular formula is C43H50N10O11S2. The molecule has 23 heteroatoms. The Balaban J connectivity index is 0.00000817. The lowest BCUT2D eigenvalue weighted by Gasteiger charge is -2.19. The molecule has 0 spiro atoms. The average Bonchev–Trinajstić information content (AvgIpc) is 3.67. The molecule has 1 atom stereocenters. The molecule has 6 aromatic rings. The van der Waals surface area contributed by atoms with Crippen LogP contribution in [0.15, 0.2) is 106 Å². The first-order valence-electron chi connectivity index (χ1n) is 19.8. The highest BCUT2D eigenvalue weighted by Gasteiger charge is 2.29. The monoisotopic (exact) mass is 946 g/mol. The van der Waals surface area contributed by atoms with Gasteiger partial charge in [-0.05, 0) is 79.8 Å². The van der Waals surface area contributed by atoms with Gasteiger partial charge in [0.25, 0.3) is 21.9 Å². The van der Waals surface area contributed by atoms with Crippen molar-refractivity contribution in [2.24, 2.45) is 0 Å². The van der Waals surface area contributed by atoms with Crippen LogP contribution in [-0.4, -0.2) is 87.9 Å². The number of carboxylic acid groups (broad SMARTS) is 1. The summed E-state index contributed by atoms with van der Waals surface area (Å²) in [4.78, 5) is 60.6. The number of nitrogens with one attached hydrogen (secondary N) is 6. The zero-order chi connectivity index (χ0) is 47.1. The molecule has 6 rings (SSSR count). The molecule has 3 aromatic carbocycles. The number of pyridine rings is 2. The van der Waals surface area contributed by atoms with E-state index in [-0.39, 0.29) is 65.9 Å². The average molecular weight is 947 g/mol. The smallest absolute Gasteiger partial charge is 0.323 e. The normalized spacial score (nSPS) is 11.9. The van der Waals surface area contributed by atoms with Crippen molar-refractivity contribution in [3.63, 3.8) is 0 Å². The van der Waals surface area contributed by atoms with E-state index in [0.29, 0.717) is 40.0 Å². The molecule has 0 radical (unpaired) electrons. The number of aryl methyl sites for hydroxylation is 4. The fourth-order valence-corrected chi connectivity index (χ4v) is 9.45. The molecule has 3 aromatic heterocycles. The van der Waals surface area contributed by atoms with Crippen molar-refractivity contribution in [2.75, 3.05) is 23.8 Å². The van der Waals surface area contributed by atoms with Crippen LogP contribution in [0.25, 0.3) is 10.9 Å². The van der Waals surface area contributed by atoms with Crippen LogP contribution in [0, 0.1) is 20.8 Å². The van der Waals surface area contributed by atoms with Crippen LogP contribution in [0.1, 0.15) is 62.4 Å².